The van der Waals surface area contributed by atoms with Gasteiger partial charge >= 0.3 is 13.8 Å². The fourth-order valence-corrected chi connectivity index (χ4v) is 9.63. The summed E-state index contributed by atoms with van der Waals surface area (Å²) in [4.78, 5) is 12.5. The molecule has 2 aromatic rings. The molecule has 3 fully saturated rings. The lowest BCUT2D eigenvalue weighted by Crippen LogP contribution is -2.64. The van der Waals surface area contributed by atoms with Crippen molar-refractivity contribution in [1.29, 1.82) is 0 Å². The van der Waals surface area contributed by atoms with Gasteiger partial charge in [0.15, 0.2) is 12.4 Å². The Labute approximate surface area is 265 Å². The lowest BCUT2D eigenvalue weighted by molar-refractivity contribution is -0.142. The minimum atomic E-state index is -4.03. The van der Waals surface area contributed by atoms with E-state index in [9.17, 15) is 9.36 Å². The van der Waals surface area contributed by atoms with Gasteiger partial charge in [0.2, 0.25) is 0 Å². The summed E-state index contributed by atoms with van der Waals surface area (Å²) in [7, 11) is -4.03. The number of carbonyl (C=O) groups excluding carboxylic acids is 1. The molecule has 9 nitrogen and oxygen atoms in total. The van der Waals surface area contributed by atoms with Crippen LogP contribution < -0.4 is 0 Å². The zero-order valence-corrected chi connectivity index (χ0v) is 27.3. The first kappa shape index (κ1) is 31.3. The van der Waals surface area contributed by atoms with Crippen LogP contribution in [0.1, 0.15) is 64.5 Å². The number of hydrogen-bond acceptors (Lipinski definition) is 9. The summed E-state index contributed by atoms with van der Waals surface area (Å²) in [6.07, 6.45) is 2.59. The maximum atomic E-state index is 14.0. The third-order valence-electron chi connectivity index (χ3n) is 11.1. The van der Waals surface area contributed by atoms with Gasteiger partial charge in [-0.2, -0.15) is 0 Å². The van der Waals surface area contributed by atoms with Crippen molar-refractivity contribution in [3.63, 3.8) is 0 Å². The average Bonchev–Trinajstić information content (AvgIpc) is 3.93. The Morgan fingerprint density at radius 2 is 1.60 bits per heavy atom. The largest absolute Gasteiger partial charge is 0.477 e. The summed E-state index contributed by atoms with van der Waals surface area (Å²) in [5.41, 5.74) is 2.15. The number of carbonyl (C=O) groups is 1. The Morgan fingerprint density at radius 3 is 2.18 bits per heavy atom. The van der Waals surface area contributed by atoms with Gasteiger partial charge in [0.25, 0.3) is 0 Å². The van der Waals surface area contributed by atoms with Crippen molar-refractivity contribution >= 4 is 13.8 Å². The van der Waals surface area contributed by atoms with Gasteiger partial charge in [0.1, 0.15) is 12.2 Å². The van der Waals surface area contributed by atoms with Gasteiger partial charge in [-0.05, 0) is 54.7 Å². The van der Waals surface area contributed by atoms with Gasteiger partial charge < -0.3 is 18.9 Å². The quantitative estimate of drug-likeness (QED) is 0.100. The van der Waals surface area contributed by atoms with Crippen molar-refractivity contribution in [2.75, 3.05) is 13.4 Å². The predicted molar refractivity (Wildman–Crippen MR) is 165 cm³/mol. The molecule has 0 amide bonds. The molecular formula is C35H43O9P. The van der Waals surface area contributed by atoms with Crippen LogP contribution in [0.4, 0.5) is 0 Å². The highest BCUT2D eigenvalue weighted by atomic mass is 31.2. The summed E-state index contributed by atoms with van der Waals surface area (Å²) < 4.78 is 57.0. The van der Waals surface area contributed by atoms with Crippen molar-refractivity contribution in [3.05, 3.63) is 82.9 Å². The number of hydrogen-bond donors (Lipinski definition) is 0. The van der Waals surface area contributed by atoms with Gasteiger partial charge in [-0.1, -0.05) is 87.9 Å². The topological polar surface area (TPSA) is 105 Å². The van der Waals surface area contributed by atoms with E-state index in [0.717, 1.165) is 41.5 Å². The standard InChI is InChI=1S/C35H43O9P/c1-5-23(2)31(39-22-42-45(37,40-19-25-12-8-6-9-13-25)41-20-26-14-10-7-11-15-26)34-30(44-34)18-29-28-21-38-32(36)27(28)16-17-33(29,4)35(34)24(3)43-35/h6-15,23-24,29-31H,5,16-22H2,1-4H3. The second-order valence-electron chi connectivity index (χ2n) is 13.4. The summed E-state index contributed by atoms with van der Waals surface area (Å²) in [5, 5.41) is 0. The number of rotatable bonds is 13. The molecule has 0 N–H and O–H groups in total. The average molecular weight is 639 g/mol. The summed E-state index contributed by atoms with van der Waals surface area (Å²) >= 11 is 0. The van der Waals surface area contributed by atoms with Crippen molar-refractivity contribution in [2.24, 2.45) is 17.3 Å². The molecule has 0 aromatic heterocycles. The van der Waals surface area contributed by atoms with Gasteiger partial charge in [-0.15, -0.1) is 0 Å². The Kier molecular flexibility index (Phi) is 8.13. The molecule has 8 atom stereocenters. The Hall–Kier alpha value is -2.36. The molecule has 1 spiro atoms. The van der Waals surface area contributed by atoms with Crippen molar-refractivity contribution in [1.82, 2.24) is 0 Å². The van der Waals surface area contributed by atoms with E-state index in [4.69, 9.17) is 32.5 Å². The van der Waals surface area contributed by atoms with Crippen molar-refractivity contribution in [3.8, 4) is 0 Å². The fraction of sp³-hybridized carbons (Fsp3) is 0.571. The number of benzene rings is 2. The van der Waals surface area contributed by atoms with Crippen LogP contribution >= 0.6 is 7.82 Å². The van der Waals surface area contributed by atoms with E-state index >= 15 is 0 Å². The molecular weight excluding hydrogens is 595 g/mol. The molecule has 3 aliphatic heterocycles. The van der Waals surface area contributed by atoms with Crippen LogP contribution in [-0.4, -0.2) is 48.9 Å². The summed E-state index contributed by atoms with van der Waals surface area (Å²) in [6, 6.07) is 19.0. The van der Waals surface area contributed by atoms with Crippen LogP contribution in [0, 0.1) is 17.3 Å². The smallest absolute Gasteiger partial charge is 0.458 e. The van der Waals surface area contributed by atoms with Crippen molar-refractivity contribution < 1.29 is 41.9 Å². The monoisotopic (exact) mass is 638 g/mol. The van der Waals surface area contributed by atoms with Gasteiger partial charge in [-0.3, -0.25) is 13.6 Å². The van der Waals surface area contributed by atoms with Gasteiger partial charge in [-0.25, -0.2) is 9.36 Å². The fourth-order valence-electron chi connectivity index (χ4n) is 8.60. The number of cyclic esters (lactones) is 1. The lowest BCUT2D eigenvalue weighted by atomic mass is 9.49. The predicted octanol–water partition coefficient (Wildman–Crippen LogP) is 6.90. The van der Waals surface area contributed by atoms with Crippen LogP contribution in [0.5, 0.6) is 0 Å². The minimum Gasteiger partial charge on any atom is -0.458 e. The van der Waals surface area contributed by atoms with Gasteiger partial charge in [0, 0.05) is 11.0 Å². The molecule has 2 aliphatic carbocycles. The van der Waals surface area contributed by atoms with E-state index in [0.29, 0.717) is 13.0 Å². The van der Waals surface area contributed by atoms with E-state index in [-0.39, 0.29) is 61.5 Å². The maximum Gasteiger partial charge on any atom is 0.477 e. The third kappa shape index (κ3) is 5.07. The molecule has 2 aromatic carbocycles. The first-order valence-corrected chi connectivity index (χ1v) is 17.6. The van der Waals surface area contributed by atoms with E-state index in [1.807, 2.05) is 60.7 Å². The first-order chi connectivity index (χ1) is 21.7. The number of phosphoric acid groups is 1. The molecule has 5 aliphatic rings. The second-order valence-corrected chi connectivity index (χ2v) is 15.0. The summed E-state index contributed by atoms with van der Waals surface area (Å²) in [5.74, 6) is 0.0625. The van der Waals surface area contributed by atoms with Gasteiger partial charge in [0.05, 0.1) is 31.5 Å². The van der Waals surface area contributed by atoms with E-state index in [1.165, 1.54) is 0 Å². The number of phosphoric ester groups is 1. The van der Waals surface area contributed by atoms with E-state index in [1.54, 1.807) is 0 Å². The molecule has 3 heterocycles. The minimum absolute atomic E-state index is 0.0407. The van der Waals surface area contributed by atoms with Crippen LogP contribution in [0.2, 0.25) is 0 Å². The van der Waals surface area contributed by atoms with Crippen LogP contribution in [-0.2, 0) is 55.1 Å². The number of epoxide rings is 2. The normalized spacial score (nSPS) is 34.5. The maximum absolute atomic E-state index is 14.0. The highest BCUT2D eigenvalue weighted by Gasteiger charge is 2.90. The van der Waals surface area contributed by atoms with E-state index < -0.39 is 19.0 Å². The van der Waals surface area contributed by atoms with Crippen molar-refractivity contribution in [2.45, 2.75) is 96.1 Å². The molecule has 10 heteroatoms. The molecule has 7 rings (SSSR count). The molecule has 8 unspecified atom stereocenters. The third-order valence-corrected chi connectivity index (χ3v) is 12.4. The SMILES string of the molecule is CCC(C)C(OCOP(=O)(OCc1ccccc1)OCc1ccccc1)C12OC1CC1C3=C(CCC1(C)C21OC1C)C(=O)OC3. The number of fused-ring (bicyclic) bond motifs is 5. The zero-order chi connectivity index (χ0) is 31.5. The molecule has 2 saturated heterocycles. The molecule has 1 saturated carbocycles. The zero-order valence-electron chi connectivity index (χ0n) is 26.4. The molecule has 45 heavy (non-hydrogen) atoms. The molecule has 0 bridgehead atoms. The van der Waals surface area contributed by atoms with Crippen LogP contribution in [0.15, 0.2) is 71.8 Å². The Morgan fingerprint density at radius 1 is 0.978 bits per heavy atom. The lowest BCUT2D eigenvalue weighted by Gasteiger charge is -2.52. The molecule has 0 radical (unpaired) electrons. The Balaban J connectivity index is 1.11. The number of ether oxygens (including phenoxy) is 4. The van der Waals surface area contributed by atoms with Crippen LogP contribution in [0.3, 0.4) is 0 Å². The van der Waals surface area contributed by atoms with Crippen LogP contribution in [0.25, 0.3) is 0 Å². The summed E-state index contributed by atoms with van der Waals surface area (Å²) in [6.45, 7) is 8.88. The van der Waals surface area contributed by atoms with E-state index in [2.05, 4.69) is 27.7 Å². The first-order valence-electron chi connectivity index (χ1n) is 16.1. The molecule has 242 valence electrons. The Bertz CT molecular complexity index is 1450. The second kappa shape index (κ2) is 11.7. The number of esters is 1. The highest BCUT2D eigenvalue weighted by molar-refractivity contribution is 7.48. The highest BCUT2D eigenvalue weighted by Crippen LogP contribution is 2.77.